The first kappa shape index (κ1) is 23.6. The number of imidazole rings is 1. The number of aliphatic hydroxyl groups excluding tert-OH is 1. The molecule has 2 aromatic rings. The molecule has 12 heteroatoms. The highest BCUT2D eigenvalue weighted by Crippen LogP contribution is 2.29. The summed E-state index contributed by atoms with van der Waals surface area (Å²) in [6.07, 6.45) is 3.79. The van der Waals surface area contributed by atoms with E-state index in [0.29, 0.717) is 4.47 Å². The molecule has 0 aromatic carbocycles. The predicted molar refractivity (Wildman–Crippen MR) is 116 cm³/mol. The lowest BCUT2D eigenvalue weighted by atomic mass is 10.0. The van der Waals surface area contributed by atoms with E-state index in [9.17, 15) is 18.3 Å². The van der Waals surface area contributed by atoms with Crippen LogP contribution in [0.4, 0.5) is 0 Å². The van der Waals surface area contributed by atoms with Crippen LogP contribution in [0.15, 0.2) is 34.3 Å². The number of halogens is 1. The second kappa shape index (κ2) is 9.23. The molecule has 170 valence electrons. The number of aryl methyl sites for hydroxylation is 1. The molecule has 1 aliphatic rings. The van der Waals surface area contributed by atoms with Crippen molar-refractivity contribution in [2.75, 3.05) is 26.7 Å². The van der Waals surface area contributed by atoms with Crippen molar-refractivity contribution >= 4 is 31.9 Å². The summed E-state index contributed by atoms with van der Waals surface area (Å²) >= 11 is 3.32. The van der Waals surface area contributed by atoms with Crippen molar-refractivity contribution < 1.29 is 23.1 Å². The molecular formula is C19H26BrN5O5S. The van der Waals surface area contributed by atoms with Crippen LogP contribution in [-0.2, 0) is 17.1 Å². The third-order valence-electron chi connectivity index (χ3n) is 5.28. The monoisotopic (exact) mass is 515 g/mol. The van der Waals surface area contributed by atoms with Gasteiger partial charge in [-0.1, -0.05) is 6.92 Å². The van der Waals surface area contributed by atoms with Crippen molar-refractivity contribution in [1.29, 1.82) is 0 Å². The molecule has 0 fully saturated rings. The average molecular weight is 516 g/mol. The Morgan fingerprint density at radius 1 is 1.42 bits per heavy atom. The van der Waals surface area contributed by atoms with E-state index >= 15 is 0 Å². The van der Waals surface area contributed by atoms with Crippen LogP contribution in [0.2, 0.25) is 0 Å². The van der Waals surface area contributed by atoms with Crippen molar-refractivity contribution in [3.63, 3.8) is 0 Å². The number of hydrogen-bond acceptors (Lipinski definition) is 7. The summed E-state index contributed by atoms with van der Waals surface area (Å²) in [4.78, 5) is 22.9. The zero-order valence-corrected chi connectivity index (χ0v) is 20.2. The summed E-state index contributed by atoms with van der Waals surface area (Å²) in [6.45, 7) is 3.75. The average Bonchev–Trinajstić information content (AvgIpc) is 3.17. The van der Waals surface area contributed by atoms with Crippen LogP contribution in [0, 0.1) is 5.92 Å². The molecule has 1 N–H and O–H groups in total. The van der Waals surface area contributed by atoms with Crippen molar-refractivity contribution in [3.05, 3.63) is 34.8 Å². The van der Waals surface area contributed by atoms with Gasteiger partial charge in [-0.25, -0.2) is 18.4 Å². The molecule has 31 heavy (non-hydrogen) atoms. The Morgan fingerprint density at radius 2 is 2.13 bits per heavy atom. The number of rotatable bonds is 6. The summed E-state index contributed by atoms with van der Waals surface area (Å²) < 4.78 is 35.3. The molecule has 0 unspecified atom stereocenters. The number of fused-ring (bicyclic) bond motifs is 1. The quantitative estimate of drug-likeness (QED) is 0.612. The first-order valence-corrected chi connectivity index (χ1v) is 12.0. The van der Waals surface area contributed by atoms with Crippen molar-refractivity contribution in [2.45, 2.75) is 31.0 Å². The lowest BCUT2D eigenvalue weighted by Gasteiger charge is -2.37. The number of likely N-dealkylation sites (N-methyl/N-ethyl adjacent to an activating group) is 1. The summed E-state index contributed by atoms with van der Waals surface area (Å²) in [5.41, 5.74) is 0.252. The Kier molecular flexibility index (Phi) is 7.04. The van der Waals surface area contributed by atoms with E-state index in [4.69, 9.17) is 4.74 Å². The van der Waals surface area contributed by atoms with Gasteiger partial charge >= 0.3 is 0 Å². The van der Waals surface area contributed by atoms with Gasteiger partial charge in [0.2, 0.25) is 5.88 Å². The standard InChI is InChI=1S/C19H26BrN5O5S/c1-12-7-25(13(2)10-26)19(27)15-5-14(20)6-21-18(15)30-16(12)8-24(4)31(28,29)17-9-23(3)11-22-17/h5-6,9,11-13,16,26H,7-8,10H2,1-4H3/t12-,13+,16+/m0/s1. The molecule has 1 aliphatic heterocycles. The molecule has 1 amide bonds. The van der Waals surface area contributed by atoms with Gasteiger partial charge in [-0.05, 0) is 28.9 Å². The van der Waals surface area contributed by atoms with Gasteiger partial charge in [0.25, 0.3) is 15.9 Å². The first-order valence-electron chi connectivity index (χ1n) is 9.73. The van der Waals surface area contributed by atoms with Crippen LogP contribution in [-0.4, -0.2) is 82.1 Å². The number of carbonyl (C=O) groups excluding carboxylic acids is 1. The van der Waals surface area contributed by atoms with E-state index in [-0.39, 0.29) is 48.0 Å². The Bertz CT molecular complexity index is 1060. The van der Waals surface area contributed by atoms with Gasteiger partial charge in [0.05, 0.1) is 25.5 Å². The second-order valence-electron chi connectivity index (χ2n) is 7.79. The van der Waals surface area contributed by atoms with E-state index in [1.807, 2.05) is 6.92 Å². The molecule has 0 bridgehead atoms. The fourth-order valence-corrected chi connectivity index (χ4v) is 4.80. The predicted octanol–water partition coefficient (Wildman–Crippen LogP) is 1.12. The Morgan fingerprint density at radius 3 is 2.74 bits per heavy atom. The highest BCUT2D eigenvalue weighted by atomic mass is 79.9. The van der Waals surface area contributed by atoms with E-state index < -0.39 is 22.2 Å². The molecule has 0 saturated heterocycles. The molecule has 10 nitrogen and oxygen atoms in total. The number of aromatic nitrogens is 3. The fourth-order valence-electron chi connectivity index (χ4n) is 3.33. The molecule has 3 heterocycles. The number of nitrogens with zero attached hydrogens (tertiary/aromatic N) is 5. The van der Waals surface area contributed by atoms with Gasteiger partial charge < -0.3 is 19.3 Å². The fraction of sp³-hybridized carbons (Fsp3) is 0.526. The largest absolute Gasteiger partial charge is 0.472 e. The van der Waals surface area contributed by atoms with Crippen LogP contribution in [0.1, 0.15) is 24.2 Å². The smallest absolute Gasteiger partial charge is 0.261 e. The topological polar surface area (TPSA) is 118 Å². The van der Waals surface area contributed by atoms with Crippen LogP contribution >= 0.6 is 15.9 Å². The molecule has 0 radical (unpaired) electrons. The number of amides is 1. The van der Waals surface area contributed by atoms with E-state index in [1.165, 1.54) is 30.1 Å². The molecule has 0 aliphatic carbocycles. The van der Waals surface area contributed by atoms with Crippen LogP contribution in [0.25, 0.3) is 0 Å². The maximum atomic E-state index is 13.1. The molecule has 3 atom stereocenters. The van der Waals surface area contributed by atoms with Gasteiger partial charge in [-0.3, -0.25) is 4.79 Å². The summed E-state index contributed by atoms with van der Waals surface area (Å²) in [7, 11) is -0.657. The first-order chi connectivity index (χ1) is 14.5. The normalized spacial score (nSPS) is 20.7. The van der Waals surface area contributed by atoms with Crippen LogP contribution in [0.5, 0.6) is 5.88 Å². The minimum absolute atomic E-state index is 0.0345. The lowest BCUT2D eigenvalue weighted by molar-refractivity contribution is 0.0373. The maximum Gasteiger partial charge on any atom is 0.261 e. The highest BCUT2D eigenvalue weighted by Gasteiger charge is 2.36. The minimum atomic E-state index is -3.82. The Hall–Kier alpha value is -2.02. The number of sulfonamides is 1. The molecule has 0 saturated carbocycles. The van der Waals surface area contributed by atoms with Crippen molar-refractivity contribution in [3.8, 4) is 5.88 Å². The number of aliphatic hydroxyl groups is 1. The molecule has 3 rings (SSSR count). The van der Waals surface area contributed by atoms with E-state index in [1.54, 1.807) is 29.5 Å². The molecular weight excluding hydrogens is 490 g/mol. The van der Waals surface area contributed by atoms with Gasteiger partial charge in [-0.2, -0.15) is 4.31 Å². The Balaban J connectivity index is 1.94. The number of ether oxygens (including phenoxy) is 1. The van der Waals surface area contributed by atoms with Crippen LogP contribution < -0.4 is 4.74 Å². The SMILES string of the molecule is C[C@H](CO)N1C[C@H](C)[C@@H](CN(C)S(=O)(=O)c2cn(C)cn2)Oc2ncc(Br)cc2C1=O. The van der Waals surface area contributed by atoms with E-state index in [0.717, 1.165) is 0 Å². The summed E-state index contributed by atoms with van der Waals surface area (Å²) in [6, 6.07) is 1.19. The van der Waals surface area contributed by atoms with Gasteiger partial charge in [-0.15, -0.1) is 0 Å². The molecule has 0 spiro atoms. The highest BCUT2D eigenvalue weighted by molar-refractivity contribution is 9.10. The summed E-state index contributed by atoms with van der Waals surface area (Å²) in [5, 5.41) is 9.60. The maximum absolute atomic E-state index is 13.1. The minimum Gasteiger partial charge on any atom is -0.472 e. The number of pyridine rings is 1. The van der Waals surface area contributed by atoms with Crippen molar-refractivity contribution in [2.24, 2.45) is 13.0 Å². The number of carbonyl (C=O) groups is 1. The third-order valence-corrected chi connectivity index (χ3v) is 7.42. The zero-order valence-electron chi connectivity index (χ0n) is 17.8. The lowest BCUT2D eigenvalue weighted by Crippen LogP contribution is -2.50. The van der Waals surface area contributed by atoms with Gasteiger partial charge in [0, 0.05) is 43.4 Å². The zero-order chi connectivity index (χ0) is 22.9. The van der Waals surface area contributed by atoms with Gasteiger partial charge in [0.15, 0.2) is 5.03 Å². The second-order valence-corrected chi connectivity index (χ2v) is 10.7. The summed E-state index contributed by atoms with van der Waals surface area (Å²) in [5.74, 6) is -0.411. The van der Waals surface area contributed by atoms with Crippen LogP contribution in [0.3, 0.4) is 0 Å². The number of hydrogen-bond donors (Lipinski definition) is 1. The van der Waals surface area contributed by atoms with Gasteiger partial charge in [0.1, 0.15) is 11.7 Å². The van der Waals surface area contributed by atoms with E-state index in [2.05, 4.69) is 25.9 Å². The Labute approximate surface area is 190 Å². The van der Waals surface area contributed by atoms with Crippen molar-refractivity contribution in [1.82, 2.24) is 23.7 Å². The third kappa shape index (κ3) is 4.92. The molecule has 2 aromatic heterocycles.